The van der Waals surface area contributed by atoms with Gasteiger partial charge in [-0.05, 0) is 43.4 Å². The molecule has 128 valence electrons. The van der Waals surface area contributed by atoms with E-state index in [-0.39, 0.29) is 17.4 Å². The van der Waals surface area contributed by atoms with Gasteiger partial charge in [-0.2, -0.15) is 8.78 Å². The molecule has 0 atom stereocenters. The largest absolute Gasteiger partial charge is 0.493 e. The van der Waals surface area contributed by atoms with Crippen molar-refractivity contribution in [3.63, 3.8) is 0 Å². The standard InChI is InChI=1S/C17H23F2NO3/c1-11(2)8-9-20(13-5-6-13)16(21)12-4-7-14(23-17(18)19)15(10-12)22-3/h4,7,10-11,13,17H,5-6,8-9H2,1-3H3. The van der Waals surface area contributed by atoms with Crippen LogP contribution in [0, 0.1) is 5.92 Å². The van der Waals surface area contributed by atoms with E-state index >= 15 is 0 Å². The molecule has 0 saturated heterocycles. The molecule has 0 spiro atoms. The monoisotopic (exact) mass is 327 g/mol. The number of methoxy groups -OCH3 is 1. The van der Waals surface area contributed by atoms with Crippen molar-refractivity contribution in [2.75, 3.05) is 13.7 Å². The molecule has 1 aromatic rings. The van der Waals surface area contributed by atoms with Crippen LogP contribution in [-0.2, 0) is 0 Å². The second-order valence-electron chi connectivity index (χ2n) is 6.16. The lowest BCUT2D eigenvalue weighted by Crippen LogP contribution is -2.34. The number of alkyl halides is 2. The van der Waals surface area contributed by atoms with E-state index < -0.39 is 6.61 Å². The molecule has 1 aliphatic rings. The molecule has 0 N–H and O–H groups in total. The number of halogens is 2. The minimum atomic E-state index is -2.93. The maximum Gasteiger partial charge on any atom is 0.387 e. The van der Waals surface area contributed by atoms with Crippen molar-refractivity contribution in [1.82, 2.24) is 4.90 Å². The molecule has 1 fully saturated rings. The summed E-state index contributed by atoms with van der Waals surface area (Å²) in [5.74, 6) is 0.491. The summed E-state index contributed by atoms with van der Waals surface area (Å²) >= 11 is 0. The third-order valence-electron chi connectivity index (χ3n) is 3.82. The number of benzene rings is 1. The summed E-state index contributed by atoms with van der Waals surface area (Å²) < 4.78 is 34.2. The van der Waals surface area contributed by atoms with Crippen LogP contribution in [0.2, 0.25) is 0 Å². The fourth-order valence-electron chi connectivity index (χ4n) is 2.39. The van der Waals surface area contributed by atoms with Crippen molar-refractivity contribution in [3.8, 4) is 11.5 Å². The van der Waals surface area contributed by atoms with E-state index in [1.165, 1.54) is 25.3 Å². The summed E-state index contributed by atoms with van der Waals surface area (Å²) in [6.07, 6.45) is 2.98. The Balaban J connectivity index is 2.16. The van der Waals surface area contributed by atoms with Gasteiger partial charge in [0.05, 0.1) is 7.11 Å². The first-order valence-corrected chi connectivity index (χ1v) is 7.86. The van der Waals surface area contributed by atoms with Gasteiger partial charge >= 0.3 is 6.61 Å². The Kier molecular flexibility index (Phi) is 5.80. The quantitative estimate of drug-likeness (QED) is 0.726. The number of hydrogen-bond acceptors (Lipinski definition) is 3. The van der Waals surface area contributed by atoms with Gasteiger partial charge in [-0.15, -0.1) is 0 Å². The van der Waals surface area contributed by atoms with Crippen LogP contribution in [0.4, 0.5) is 8.78 Å². The maximum absolute atomic E-state index is 12.7. The molecule has 0 radical (unpaired) electrons. The summed E-state index contributed by atoms with van der Waals surface area (Å²) in [6, 6.07) is 4.62. The Hall–Kier alpha value is -1.85. The zero-order valence-electron chi connectivity index (χ0n) is 13.7. The molecular formula is C17H23F2NO3. The molecule has 4 nitrogen and oxygen atoms in total. The van der Waals surface area contributed by atoms with Gasteiger partial charge in [0.25, 0.3) is 5.91 Å². The number of ether oxygens (including phenoxy) is 2. The molecular weight excluding hydrogens is 304 g/mol. The highest BCUT2D eigenvalue weighted by molar-refractivity contribution is 5.95. The highest BCUT2D eigenvalue weighted by Crippen LogP contribution is 2.32. The number of nitrogens with zero attached hydrogens (tertiary/aromatic N) is 1. The molecule has 2 rings (SSSR count). The smallest absolute Gasteiger partial charge is 0.387 e. The van der Waals surface area contributed by atoms with Crippen LogP contribution in [-0.4, -0.2) is 37.1 Å². The molecule has 0 heterocycles. The summed E-state index contributed by atoms with van der Waals surface area (Å²) in [5.41, 5.74) is 0.430. The van der Waals surface area contributed by atoms with Crippen LogP contribution in [0.5, 0.6) is 11.5 Å². The first-order valence-electron chi connectivity index (χ1n) is 7.86. The molecule has 0 bridgehead atoms. The van der Waals surface area contributed by atoms with E-state index in [0.717, 1.165) is 19.3 Å². The second kappa shape index (κ2) is 7.62. The third-order valence-corrected chi connectivity index (χ3v) is 3.82. The van der Waals surface area contributed by atoms with Crippen molar-refractivity contribution in [1.29, 1.82) is 0 Å². The number of carbonyl (C=O) groups excluding carboxylic acids is 1. The highest BCUT2D eigenvalue weighted by Gasteiger charge is 2.33. The van der Waals surface area contributed by atoms with Crippen LogP contribution in [0.15, 0.2) is 18.2 Å². The third kappa shape index (κ3) is 4.81. The van der Waals surface area contributed by atoms with Gasteiger partial charge in [-0.3, -0.25) is 4.79 Å². The van der Waals surface area contributed by atoms with E-state index in [9.17, 15) is 13.6 Å². The van der Waals surface area contributed by atoms with Gasteiger partial charge in [-0.25, -0.2) is 0 Å². The number of rotatable bonds is 8. The van der Waals surface area contributed by atoms with Gasteiger partial charge in [-0.1, -0.05) is 13.8 Å². The van der Waals surface area contributed by atoms with Crippen molar-refractivity contribution in [3.05, 3.63) is 23.8 Å². The van der Waals surface area contributed by atoms with Crippen molar-refractivity contribution in [2.24, 2.45) is 5.92 Å². The average molecular weight is 327 g/mol. The van der Waals surface area contributed by atoms with Gasteiger partial charge in [0.1, 0.15) is 0 Å². The molecule has 1 aliphatic carbocycles. The summed E-state index contributed by atoms with van der Waals surface area (Å²) in [4.78, 5) is 14.6. The summed E-state index contributed by atoms with van der Waals surface area (Å²) in [5, 5.41) is 0. The minimum absolute atomic E-state index is 0.0702. The molecule has 6 heteroatoms. The molecule has 23 heavy (non-hydrogen) atoms. The average Bonchev–Trinajstić information content (AvgIpc) is 3.31. The number of amides is 1. The predicted molar refractivity (Wildman–Crippen MR) is 83.1 cm³/mol. The molecule has 0 aromatic heterocycles. The van der Waals surface area contributed by atoms with Gasteiger partial charge in [0.15, 0.2) is 11.5 Å². The van der Waals surface area contributed by atoms with E-state index in [1.54, 1.807) is 0 Å². The van der Waals surface area contributed by atoms with Gasteiger partial charge in [0.2, 0.25) is 0 Å². The minimum Gasteiger partial charge on any atom is -0.493 e. The van der Waals surface area contributed by atoms with Crippen LogP contribution in [0.25, 0.3) is 0 Å². The Labute approximate surface area is 135 Å². The zero-order chi connectivity index (χ0) is 17.0. The zero-order valence-corrected chi connectivity index (χ0v) is 13.7. The fourth-order valence-corrected chi connectivity index (χ4v) is 2.39. The van der Waals surface area contributed by atoms with Gasteiger partial charge in [0, 0.05) is 18.2 Å². The lowest BCUT2D eigenvalue weighted by molar-refractivity contribution is -0.0512. The second-order valence-corrected chi connectivity index (χ2v) is 6.16. The topological polar surface area (TPSA) is 38.8 Å². The summed E-state index contributed by atoms with van der Waals surface area (Å²) in [7, 11) is 1.36. The molecule has 1 amide bonds. The lowest BCUT2D eigenvalue weighted by Gasteiger charge is -2.24. The Bertz CT molecular complexity index is 545. The SMILES string of the molecule is COc1cc(C(=O)N(CCC(C)C)C2CC2)ccc1OC(F)F. The number of carbonyl (C=O) groups is 1. The van der Waals surface area contributed by atoms with E-state index in [0.29, 0.717) is 24.1 Å². The van der Waals surface area contributed by atoms with E-state index in [2.05, 4.69) is 18.6 Å². The lowest BCUT2D eigenvalue weighted by atomic mass is 10.1. The molecule has 1 aromatic carbocycles. The normalized spacial score (nSPS) is 14.2. The maximum atomic E-state index is 12.7. The molecule has 0 aliphatic heterocycles. The Morgan fingerprint density at radius 1 is 1.30 bits per heavy atom. The van der Waals surface area contributed by atoms with Crippen LogP contribution < -0.4 is 9.47 Å². The van der Waals surface area contributed by atoms with E-state index in [1.807, 2.05) is 4.90 Å². The number of hydrogen-bond donors (Lipinski definition) is 0. The van der Waals surface area contributed by atoms with Crippen molar-refractivity contribution >= 4 is 5.91 Å². The van der Waals surface area contributed by atoms with Crippen LogP contribution in [0.3, 0.4) is 0 Å². The van der Waals surface area contributed by atoms with Crippen molar-refractivity contribution in [2.45, 2.75) is 45.8 Å². The van der Waals surface area contributed by atoms with Gasteiger partial charge < -0.3 is 14.4 Å². The molecule has 0 unspecified atom stereocenters. The van der Waals surface area contributed by atoms with Crippen molar-refractivity contribution < 1.29 is 23.0 Å². The Morgan fingerprint density at radius 2 is 2.00 bits per heavy atom. The fraction of sp³-hybridized carbons (Fsp3) is 0.588. The first kappa shape index (κ1) is 17.5. The van der Waals surface area contributed by atoms with Crippen LogP contribution in [0.1, 0.15) is 43.5 Å². The van der Waals surface area contributed by atoms with E-state index in [4.69, 9.17) is 4.74 Å². The summed E-state index contributed by atoms with van der Waals surface area (Å²) in [6.45, 7) is 2.02. The molecule has 1 saturated carbocycles. The Morgan fingerprint density at radius 3 is 2.52 bits per heavy atom. The predicted octanol–water partition coefficient (Wildman–Crippen LogP) is 3.95. The van der Waals surface area contributed by atoms with Crippen LogP contribution >= 0.6 is 0 Å². The first-order chi connectivity index (χ1) is 10.9. The highest BCUT2D eigenvalue weighted by atomic mass is 19.3.